The van der Waals surface area contributed by atoms with E-state index in [1.165, 1.54) is 16.7 Å². The monoisotopic (exact) mass is 345 g/mol. The van der Waals surface area contributed by atoms with Gasteiger partial charge in [-0.2, -0.15) is 0 Å². The molecule has 0 aliphatic carbocycles. The summed E-state index contributed by atoms with van der Waals surface area (Å²) in [5.41, 5.74) is 0.711. The zero-order chi connectivity index (χ0) is 17.8. The maximum atomic E-state index is 13.0. The quantitative estimate of drug-likeness (QED) is 0.928. The molecule has 3 rings (SSSR count). The van der Waals surface area contributed by atoms with Gasteiger partial charge in [-0.05, 0) is 36.8 Å². The Labute approximate surface area is 144 Å². The summed E-state index contributed by atoms with van der Waals surface area (Å²) in [6.45, 7) is 3.66. The maximum Gasteiger partial charge on any atom is 0.322 e. The highest BCUT2D eigenvalue weighted by Gasteiger charge is 2.24. The minimum atomic E-state index is -0.322. The van der Waals surface area contributed by atoms with Crippen LogP contribution in [0, 0.1) is 5.82 Å². The van der Waals surface area contributed by atoms with Gasteiger partial charge in [-0.1, -0.05) is 12.1 Å². The molecule has 0 saturated carbocycles. The Balaban J connectivity index is 1.75. The number of pyridine rings is 1. The molecule has 132 valence electrons. The number of hydrogen-bond acceptors (Lipinski definition) is 3. The summed E-state index contributed by atoms with van der Waals surface area (Å²) < 4.78 is 19.8. The van der Waals surface area contributed by atoms with Crippen molar-refractivity contribution in [3.63, 3.8) is 0 Å². The summed E-state index contributed by atoms with van der Waals surface area (Å²) >= 11 is 0. The minimum absolute atomic E-state index is 0.0427. The molecule has 0 spiro atoms. The smallest absolute Gasteiger partial charge is 0.322 e. The number of benzene rings is 1. The first-order chi connectivity index (χ1) is 12.0. The number of aromatic nitrogens is 1. The first-order valence-corrected chi connectivity index (χ1v) is 8.14. The van der Waals surface area contributed by atoms with Crippen LogP contribution in [0.3, 0.4) is 0 Å². The molecule has 1 aromatic heterocycles. The average Bonchev–Trinajstić information content (AvgIpc) is 2.60. The van der Waals surface area contributed by atoms with Crippen LogP contribution >= 0.6 is 0 Å². The van der Waals surface area contributed by atoms with Crippen LogP contribution < -0.4 is 10.9 Å². The number of carbonyl (C=O) groups excluding carboxylic acids is 1. The highest BCUT2D eigenvalue weighted by Crippen LogP contribution is 2.10. The Kier molecular flexibility index (Phi) is 5.14. The summed E-state index contributed by atoms with van der Waals surface area (Å²) in [4.78, 5) is 26.6. The number of nitrogens with zero attached hydrogens (tertiary/aromatic N) is 2. The number of nitrogens with one attached hydrogen (secondary N) is 1. The van der Waals surface area contributed by atoms with E-state index in [0.29, 0.717) is 26.3 Å². The van der Waals surface area contributed by atoms with Crippen molar-refractivity contribution in [1.82, 2.24) is 9.47 Å². The third-order valence-corrected chi connectivity index (χ3v) is 4.16. The van der Waals surface area contributed by atoms with Crippen LogP contribution in [0.1, 0.15) is 12.5 Å². The summed E-state index contributed by atoms with van der Waals surface area (Å²) in [6, 6.07) is 8.88. The number of urea groups is 1. The first kappa shape index (κ1) is 17.2. The zero-order valence-corrected chi connectivity index (χ0v) is 13.9. The van der Waals surface area contributed by atoms with Crippen LogP contribution in [0.5, 0.6) is 0 Å². The summed E-state index contributed by atoms with van der Waals surface area (Å²) in [5, 5.41) is 2.68. The number of ether oxygens (including phenoxy) is 1. The van der Waals surface area contributed by atoms with Crippen LogP contribution in [-0.2, 0) is 11.3 Å². The average molecular weight is 345 g/mol. The number of rotatable bonds is 3. The molecule has 2 aromatic rings. The van der Waals surface area contributed by atoms with E-state index in [9.17, 15) is 14.0 Å². The highest BCUT2D eigenvalue weighted by atomic mass is 19.1. The van der Waals surface area contributed by atoms with Gasteiger partial charge in [0.25, 0.3) is 5.56 Å². The van der Waals surface area contributed by atoms with Crippen molar-refractivity contribution in [2.45, 2.75) is 19.5 Å². The minimum Gasteiger partial charge on any atom is -0.377 e. The van der Waals surface area contributed by atoms with E-state index in [1.807, 2.05) is 6.92 Å². The molecule has 1 aromatic carbocycles. The third kappa shape index (κ3) is 4.06. The molecule has 1 saturated heterocycles. The molecule has 1 aliphatic heterocycles. The molecular formula is C18H20FN3O3. The fourth-order valence-corrected chi connectivity index (χ4v) is 2.76. The summed E-state index contributed by atoms with van der Waals surface area (Å²) in [6.07, 6.45) is 1.64. The Morgan fingerprint density at radius 3 is 2.80 bits per heavy atom. The molecular weight excluding hydrogens is 325 g/mol. The van der Waals surface area contributed by atoms with Crippen LogP contribution in [0.15, 0.2) is 47.4 Å². The lowest BCUT2D eigenvalue weighted by Gasteiger charge is -2.33. The zero-order valence-electron chi connectivity index (χ0n) is 13.9. The summed E-state index contributed by atoms with van der Waals surface area (Å²) in [5.74, 6) is -0.322. The number of hydrogen-bond donors (Lipinski definition) is 1. The van der Waals surface area contributed by atoms with Crippen LogP contribution in [0.2, 0.25) is 0 Å². The molecule has 1 fully saturated rings. The van der Waals surface area contributed by atoms with Crippen LogP contribution in [0.4, 0.5) is 14.9 Å². The van der Waals surface area contributed by atoms with Gasteiger partial charge in [-0.25, -0.2) is 9.18 Å². The Morgan fingerprint density at radius 1 is 1.32 bits per heavy atom. The second kappa shape index (κ2) is 7.48. The number of carbonyl (C=O) groups is 1. The number of halogens is 1. The van der Waals surface area contributed by atoms with Gasteiger partial charge in [0.2, 0.25) is 0 Å². The highest BCUT2D eigenvalue weighted by molar-refractivity contribution is 5.89. The Bertz CT molecular complexity index is 804. The van der Waals surface area contributed by atoms with Gasteiger partial charge in [-0.15, -0.1) is 0 Å². The predicted molar refractivity (Wildman–Crippen MR) is 92.2 cm³/mol. The molecule has 0 bridgehead atoms. The summed E-state index contributed by atoms with van der Waals surface area (Å²) in [7, 11) is 0. The molecule has 1 aliphatic rings. The van der Waals surface area contributed by atoms with Crippen molar-refractivity contribution in [3.05, 3.63) is 64.3 Å². The third-order valence-electron chi connectivity index (χ3n) is 4.16. The van der Waals surface area contributed by atoms with Gasteiger partial charge in [0.15, 0.2) is 0 Å². The molecule has 2 amide bonds. The standard InChI is InChI=1S/C18H20FN3O3/c1-13-12-25-10-9-22(13)18(24)20-16-3-2-8-21(17(16)23)11-14-4-6-15(19)7-5-14/h2-8,13H,9-12H2,1H3,(H,20,24)/t13-/m1/s1. The van der Waals surface area contributed by atoms with Gasteiger partial charge in [0.1, 0.15) is 11.5 Å². The molecule has 0 unspecified atom stereocenters. The van der Waals surface area contributed by atoms with Crippen molar-refractivity contribution in [1.29, 1.82) is 0 Å². The molecule has 2 heterocycles. The SMILES string of the molecule is C[C@@H]1COCCN1C(=O)Nc1cccn(Cc2ccc(F)cc2)c1=O. The van der Waals surface area contributed by atoms with Gasteiger partial charge < -0.3 is 19.5 Å². The van der Waals surface area contributed by atoms with Crippen molar-refractivity contribution < 1.29 is 13.9 Å². The van der Waals surface area contributed by atoms with E-state index >= 15 is 0 Å². The Hall–Kier alpha value is -2.67. The number of morpholine rings is 1. The van der Waals surface area contributed by atoms with Crippen LogP contribution in [-0.4, -0.2) is 41.3 Å². The van der Waals surface area contributed by atoms with Crippen LogP contribution in [0.25, 0.3) is 0 Å². The predicted octanol–water partition coefficient (Wildman–Crippen LogP) is 2.29. The lowest BCUT2D eigenvalue weighted by atomic mass is 10.2. The van der Waals surface area contributed by atoms with E-state index in [4.69, 9.17) is 4.74 Å². The van der Waals surface area contributed by atoms with E-state index in [-0.39, 0.29) is 29.1 Å². The molecule has 1 N–H and O–H groups in total. The first-order valence-electron chi connectivity index (χ1n) is 8.14. The normalized spacial score (nSPS) is 17.4. The van der Waals surface area contributed by atoms with E-state index < -0.39 is 0 Å². The van der Waals surface area contributed by atoms with E-state index in [1.54, 1.807) is 35.4 Å². The molecule has 25 heavy (non-hydrogen) atoms. The fourth-order valence-electron chi connectivity index (χ4n) is 2.76. The van der Waals surface area contributed by atoms with Gasteiger partial charge in [0.05, 0.1) is 25.8 Å². The van der Waals surface area contributed by atoms with E-state index in [0.717, 1.165) is 5.56 Å². The fraction of sp³-hybridized carbons (Fsp3) is 0.333. The second-order valence-electron chi connectivity index (χ2n) is 6.03. The number of anilines is 1. The van der Waals surface area contributed by atoms with Crippen molar-refractivity contribution >= 4 is 11.7 Å². The maximum absolute atomic E-state index is 13.0. The lowest BCUT2D eigenvalue weighted by molar-refractivity contribution is 0.0221. The largest absolute Gasteiger partial charge is 0.377 e. The van der Waals surface area contributed by atoms with E-state index in [2.05, 4.69) is 5.32 Å². The number of amides is 2. The van der Waals surface area contributed by atoms with Gasteiger partial charge in [-0.3, -0.25) is 4.79 Å². The van der Waals surface area contributed by atoms with Gasteiger partial charge >= 0.3 is 6.03 Å². The van der Waals surface area contributed by atoms with Crippen molar-refractivity contribution in [3.8, 4) is 0 Å². The molecule has 7 heteroatoms. The van der Waals surface area contributed by atoms with Crippen molar-refractivity contribution in [2.75, 3.05) is 25.1 Å². The van der Waals surface area contributed by atoms with Gasteiger partial charge in [0, 0.05) is 12.7 Å². The second-order valence-corrected chi connectivity index (χ2v) is 6.03. The molecule has 0 radical (unpaired) electrons. The molecule has 6 nitrogen and oxygen atoms in total. The van der Waals surface area contributed by atoms with Crippen molar-refractivity contribution in [2.24, 2.45) is 0 Å². The lowest BCUT2D eigenvalue weighted by Crippen LogP contribution is -2.49. The molecule has 1 atom stereocenters. The Morgan fingerprint density at radius 2 is 2.08 bits per heavy atom. The topological polar surface area (TPSA) is 63.6 Å².